The Labute approximate surface area is 226 Å². The van der Waals surface area contributed by atoms with Gasteiger partial charge in [-0.3, -0.25) is 4.79 Å². The fourth-order valence-electron chi connectivity index (χ4n) is 5.69. The standard InChI is InChI=1S/C30H44O2.C4H6O/c1-4-6-7-8-23-9-11-26(12-10-23)27-13-15-28(16-14-27)30-18-17-29(25(5-2)20-30)19-24(21-31)22-32-3;1-4(2)3-5/h9-16,24-25,29-31H,4-8,17-22H2,1-3H3;3H,1H2,2H3. The molecule has 1 aliphatic carbocycles. The van der Waals surface area contributed by atoms with E-state index in [0.717, 1.165) is 24.5 Å². The van der Waals surface area contributed by atoms with E-state index >= 15 is 0 Å². The van der Waals surface area contributed by atoms with E-state index in [1.165, 1.54) is 73.6 Å². The van der Waals surface area contributed by atoms with Gasteiger partial charge >= 0.3 is 0 Å². The number of rotatable bonds is 13. The fourth-order valence-corrected chi connectivity index (χ4v) is 5.69. The smallest absolute Gasteiger partial charge is 0.145 e. The largest absolute Gasteiger partial charge is 0.396 e. The molecule has 3 nitrogen and oxygen atoms in total. The third kappa shape index (κ3) is 10.6. The number of benzene rings is 2. The third-order valence-electron chi connectivity index (χ3n) is 7.90. The Morgan fingerprint density at radius 2 is 1.65 bits per heavy atom. The molecular weight excluding hydrogens is 456 g/mol. The van der Waals surface area contributed by atoms with Crippen LogP contribution in [0.3, 0.4) is 0 Å². The Morgan fingerprint density at radius 1 is 1.03 bits per heavy atom. The molecule has 2 aromatic carbocycles. The Bertz CT molecular complexity index is 900. The lowest BCUT2D eigenvalue weighted by molar-refractivity contribution is -0.104. The van der Waals surface area contributed by atoms with Crippen molar-refractivity contribution >= 4 is 6.29 Å². The van der Waals surface area contributed by atoms with Crippen LogP contribution >= 0.6 is 0 Å². The summed E-state index contributed by atoms with van der Waals surface area (Å²) in [5.41, 5.74) is 6.16. The molecule has 0 saturated heterocycles. The summed E-state index contributed by atoms with van der Waals surface area (Å²) in [7, 11) is 1.74. The number of ether oxygens (including phenoxy) is 1. The Hall–Kier alpha value is -2.23. The van der Waals surface area contributed by atoms with Crippen molar-refractivity contribution < 1.29 is 14.6 Å². The minimum absolute atomic E-state index is 0.241. The van der Waals surface area contributed by atoms with Crippen molar-refractivity contribution in [3.63, 3.8) is 0 Å². The molecule has 4 atom stereocenters. The SMILES string of the molecule is C=C(C)C=O.CCCCCc1ccc(-c2ccc(C3CCC(CC(CO)COC)C(CC)C3)cc2)cc1. The van der Waals surface area contributed by atoms with Crippen LogP contribution in [0.15, 0.2) is 60.7 Å². The molecule has 0 aliphatic heterocycles. The summed E-state index contributed by atoms with van der Waals surface area (Å²) in [5, 5.41) is 9.68. The average Bonchev–Trinajstić information content (AvgIpc) is 2.94. The molecule has 0 bridgehead atoms. The number of hydrogen-bond acceptors (Lipinski definition) is 3. The van der Waals surface area contributed by atoms with Crippen molar-refractivity contribution in [2.75, 3.05) is 20.3 Å². The lowest BCUT2D eigenvalue weighted by Gasteiger charge is -2.37. The number of unbranched alkanes of at least 4 members (excludes halogenated alkanes) is 2. The number of carbonyl (C=O) groups is 1. The summed E-state index contributed by atoms with van der Waals surface area (Å²) in [5.74, 6) is 2.42. The molecule has 0 radical (unpaired) electrons. The lowest BCUT2D eigenvalue weighted by atomic mass is 9.68. The summed E-state index contributed by atoms with van der Waals surface area (Å²) < 4.78 is 5.31. The highest BCUT2D eigenvalue weighted by Crippen LogP contribution is 2.43. The van der Waals surface area contributed by atoms with Gasteiger partial charge in [-0.15, -0.1) is 0 Å². The lowest BCUT2D eigenvalue weighted by Crippen LogP contribution is -2.28. The van der Waals surface area contributed by atoms with Gasteiger partial charge in [0, 0.05) is 19.6 Å². The van der Waals surface area contributed by atoms with Gasteiger partial charge in [0.05, 0.1) is 6.61 Å². The van der Waals surface area contributed by atoms with Crippen molar-refractivity contribution in [3.05, 3.63) is 71.8 Å². The van der Waals surface area contributed by atoms with Crippen LogP contribution < -0.4 is 0 Å². The molecule has 204 valence electrons. The van der Waals surface area contributed by atoms with Crippen LogP contribution in [-0.4, -0.2) is 31.7 Å². The maximum absolute atomic E-state index is 9.68. The summed E-state index contributed by atoms with van der Waals surface area (Å²) in [6.45, 7) is 10.5. The highest BCUT2D eigenvalue weighted by atomic mass is 16.5. The second-order valence-electron chi connectivity index (χ2n) is 10.9. The maximum Gasteiger partial charge on any atom is 0.145 e. The van der Waals surface area contributed by atoms with E-state index in [9.17, 15) is 9.90 Å². The Balaban J connectivity index is 0.000000877. The van der Waals surface area contributed by atoms with Gasteiger partial charge in [0.1, 0.15) is 6.29 Å². The van der Waals surface area contributed by atoms with E-state index in [1.54, 1.807) is 14.0 Å². The molecule has 0 heterocycles. The molecule has 1 N–H and O–H groups in total. The van der Waals surface area contributed by atoms with Crippen LogP contribution in [0.25, 0.3) is 11.1 Å². The summed E-state index contributed by atoms with van der Waals surface area (Å²) >= 11 is 0. The van der Waals surface area contributed by atoms with Crippen molar-refractivity contribution in [1.82, 2.24) is 0 Å². The molecule has 0 amide bonds. The second kappa shape index (κ2) is 17.3. The van der Waals surface area contributed by atoms with Gasteiger partial charge in [-0.2, -0.15) is 0 Å². The van der Waals surface area contributed by atoms with E-state index in [-0.39, 0.29) is 12.5 Å². The molecule has 0 spiro atoms. The van der Waals surface area contributed by atoms with Crippen molar-refractivity contribution in [2.45, 2.75) is 84.5 Å². The number of methoxy groups -OCH3 is 1. The van der Waals surface area contributed by atoms with Gasteiger partial charge in [0.25, 0.3) is 0 Å². The molecule has 1 saturated carbocycles. The van der Waals surface area contributed by atoms with Gasteiger partial charge in [-0.1, -0.05) is 88.2 Å². The van der Waals surface area contributed by atoms with Gasteiger partial charge in [-0.25, -0.2) is 0 Å². The van der Waals surface area contributed by atoms with Gasteiger partial charge < -0.3 is 9.84 Å². The van der Waals surface area contributed by atoms with Gasteiger partial charge in [0.15, 0.2) is 0 Å². The molecule has 0 aromatic heterocycles. The van der Waals surface area contributed by atoms with Gasteiger partial charge in [0.2, 0.25) is 0 Å². The molecule has 1 aliphatic rings. The second-order valence-corrected chi connectivity index (χ2v) is 10.9. The zero-order valence-electron chi connectivity index (χ0n) is 23.8. The molecule has 4 unspecified atom stereocenters. The number of hydrogen-bond donors (Lipinski definition) is 1. The highest BCUT2D eigenvalue weighted by molar-refractivity contribution is 5.70. The van der Waals surface area contributed by atoms with Crippen LogP contribution in [0.1, 0.15) is 89.2 Å². The maximum atomic E-state index is 9.68. The number of allylic oxidation sites excluding steroid dienone is 1. The predicted octanol–water partition coefficient (Wildman–Crippen LogP) is 8.40. The van der Waals surface area contributed by atoms with E-state index in [0.29, 0.717) is 18.1 Å². The molecule has 37 heavy (non-hydrogen) atoms. The van der Waals surface area contributed by atoms with Gasteiger partial charge in [-0.05, 0) is 91.0 Å². The number of aliphatic hydroxyl groups excluding tert-OH is 1. The number of aryl methyl sites for hydroxylation is 1. The number of aliphatic hydroxyl groups is 1. The first-order valence-corrected chi connectivity index (χ1v) is 14.3. The Morgan fingerprint density at radius 3 is 2.16 bits per heavy atom. The zero-order chi connectivity index (χ0) is 27.0. The fraction of sp³-hybridized carbons (Fsp3) is 0.559. The summed E-state index contributed by atoms with van der Waals surface area (Å²) in [6, 6.07) is 18.5. The number of aldehydes is 1. The molecular formula is C34H50O3. The van der Waals surface area contributed by atoms with Crippen LogP contribution in [0.4, 0.5) is 0 Å². The first kappa shape index (κ1) is 31.0. The van der Waals surface area contributed by atoms with E-state index in [1.807, 2.05) is 0 Å². The normalized spacial score (nSPS) is 20.0. The Kier molecular flexibility index (Phi) is 14.5. The van der Waals surface area contributed by atoms with Crippen LogP contribution in [0.2, 0.25) is 0 Å². The zero-order valence-corrected chi connectivity index (χ0v) is 23.8. The highest BCUT2D eigenvalue weighted by Gasteiger charge is 2.31. The molecule has 3 rings (SSSR count). The van der Waals surface area contributed by atoms with Crippen LogP contribution in [0.5, 0.6) is 0 Å². The third-order valence-corrected chi connectivity index (χ3v) is 7.90. The molecule has 2 aromatic rings. The van der Waals surface area contributed by atoms with Crippen molar-refractivity contribution in [3.8, 4) is 11.1 Å². The van der Waals surface area contributed by atoms with E-state index < -0.39 is 0 Å². The summed E-state index contributed by atoms with van der Waals surface area (Å²) in [4.78, 5) is 9.41. The van der Waals surface area contributed by atoms with E-state index in [2.05, 4.69) is 69.0 Å². The van der Waals surface area contributed by atoms with Crippen LogP contribution in [-0.2, 0) is 16.0 Å². The number of carbonyl (C=O) groups excluding carboxylic acids is 1. The minimum Gasteiger partial charge on any atom is -0.396 e. The average molecular weight is 507 g/mol. The van der Waals surface area contributed by atoms with Crippen molar-refractivity contribution in [1.29, 1.82) is 0 Å². The first-order valence-electron chi connectivity index (χ1n) is 14.3. The topological polar surface area (TPSA) is 46.5 Å². The first-order chi connectivity index (χ1) is 17.9. The van der Waals surface area contributed by atoms with E-state index in [4.69, 9.17) is 4.74 Å². The summed E-state index contributed by atoms with van der Waals surface area (Å²) in [6.07, 6.45) is 11.9. The quantitative estimate of drug-likeness (QED) is 0.168. The molecule has 1 fully saturated rings. The monoisotopic (exact) mass is 506 g/mol. The minimum atomic E-state index is 0.241. The molecule has 3 heteroatoms. The predicted molar refractivity (Wildman–Crippen MR) is 157 cm³/mol. The van der Waals surface area contributed by atoms with Crippen molar-refractivity contribution in [2.24, 2.45) is 17.8 Å². The van der Waals surface area contributed by atoms with Crippen LogP contribution in [0, 0.1) is 17.8 Å².